The minimum Gasteiger partial charge on any atom is -0.497 e. The molecule has 1 amide bonds. The summed E-state index contributed by atoms with van der Waals surface area (Å²) in [7, 11) is 3.18. The van der Waals surface area contributed by atoms with Crippen LogP contribution >= 0.6 is 27.7 Å². The van der Waals surface area contributed by atoms with Crippen molar-refractivity contribution in [3.05, 3.63) is 46.4 Å². The molecule has 0 saturated carbocycles. The van der Waals surface area contributed by atoms with Crippen molar-refractivity contribution in [3.63, 3.8) is 0 Å². The number of thioether (sulfide) groups is 1. The molecule has 0 radical (unpaired) electrons. The van der Waals surface area contributed by atoms with Crippen molar-refractivity contribution in [2.75, 3.05) is 25.3 Å². The van der Waals surface area contributed by atoms with Crippen LogP contribution in [0.5, 0.6) is 11.5 Å². The zero-order chi connectivity index (χ0) is 20.1. The van der Waals surface area contributed by atoms with Crippen molar-refractivity contribution >= 4 is 39.3 Å². The number of hydrogen-bond acceptors (Lipinski definition) is 6. The molecule has 0 spiro atoms. The molecular formula is C19H19BrN4O3S. The van der Waals surface area contributed by atoms with Crippen molar-refractivity contribution < 1.29 is 14.3 Å². The lowest BCUT2D eigenvalue weighted by molar-refractivity contribution is -0.113. The van der Waals surface area contributed by atoms with Gasteiger partial charge in [0.25, 0.3) is 0 Å². The smallest absolute Gasteiger partial charge is 0.234 e. The average Bonchev–Trinajstić information content (AvgIpc) is 3.17. The molecule has 0 aliphatic rings. The molecule has 0 aliphatic carbocycles. The summed E-state index contributed by atoms with van der Waals surface area (Å²) in [5.41, 5.74) is 2.60. The van der Waals surface area contributed by atoms with Crippen molar-refractivity contribution in [2.45, 2.75) is 12.1 Å². The van der Waals surface area contributed by atoms with Gasteiger partial charge in [-0.2, -0.15) is 0 Å². The van der Waals surface area contributed by atoms with E-state index >= 15 is 0 Å². The molecular weight excluding hydrogens is 444 g/mol. The van der Waals surface area contributed by atoms with Crippen molar-refractivity contribution in [1.82, 2.24) is 15.2 Å². The minimum atomic E-state index is -0.136. The van der Waals surface area contributed by atoms with Crippen LogP contribution in [0.3, 0.4) is 0 Å². The van der Waals surface area contributed by atoms with Crippen LogP contribution in [0.2, 0.25) is 0 Å². The minimum absolute atomic E-state index is 0.136. The predicted octanol–water partition coefficient (Wildman–Crippen LogP) is 4.29. The van der Waals surface area contributed by atoms with E-state index < -0.39 is 0 Å². The SMILES string of the molecule is COc1ccc(-c2nc(SCC(=O)Nc3ccc(C)cc3Br)n[nH]2)c(OC)c1. The summed E-state index contributed by atoms with van der Waals surface area (Å²) in [5, 5.41) is 10.4. The van der Waals surface area contributed by atoms with Gasteiger partial charge in [0.05, 0.1) is 31.2 Å². The van der Waals surface area contributed by atoms with Crippen LogP contribution in [0.4, 0.5) is 5.69 Å². The summed E-state index contributed by atoms with van der Waals surface area (Å²) in [6.07, 6.45) is 0. The molecule has 0 saturated heterocycles. The lowest BCUT2D eigenvalue weighted by Gasteiger charge is -2.08. The normalized spacial score (nSPS) is 10.6. The molecule has 28 heavy (non-hydrogen) atoms. The van der Waals surface area contributed by atoms with Crippen LogP contribution in [0.15, 0.2) is 46.0 Å². The molecule has 0 fully saturated rings. The Morgan fingerprint density at radius 3 is 2.75 bits per heavy atom. The highest BCUT2D eigenvalue weighted by Gasteiger charge is 2.14. The molecule has 1 aromatic heterocycles. The van der Waals surface area contributed by atoms with Gasteiger partial charge in [-0.3, -0.25) is 9.89 Å². The number of aromatic nitrogens is 3. The Balaban J connectivity index is 1.64. The highest BCUT2D eigenvalue weighted by atomic mass is 79.9. The van der Waals surface area contributed by atoms with Gasteiger partial charge in [-0.15, -0.1) is 5.10 Å². The predicted molar refractivity (Wildman–Crippen MR) is 113 cm³/mol. The van der Waals surface area contributed by atoms with Crippen LogP contribution in [0.25, 0.3) is 11.4 Å². The van der Waals surface area contributed by atoms with E-state index in [1.165, 1.54) is 11.8 Å². The number of carbonyl (C=O) groups is 1. The molecule has 146 valence electrons. The number of aryl methyl sites for hydroxylation is 1. The number of aromatic amines is 1. The number of carbonyl (C=O) groups excluding carboxylic acids is 1. The number of methoxy groups -OCH3 is 2. The Hall–Kier alpha value is -2.52. The molecule has 3 aromatic rings. The summed E-state index contributed by atoms with van der Waals surface area (Å²) in [6, 6.07) is 11.2. The maximum atomic E-state index is 12.2. The number of rotatable bonds is 7. The van der Waals surface area contributed by atoms with E-state index in [-0.39, 0.29) is 11.7 Å². The average molecular weight is 463 g/mol. The van der Waals surface area contributed by atoms with Gasteiger partial charge in [-0.1, -0.05) is 17.8 Å². The van der Waals surface area contributed by atoms with Crippen LogP contribution in [0.1, 0.15) is 5.56 Å². The molecule has 1 heterocycles. The van der Waals surface area contributed by atoms with Crippen LogP contribution < -0.4 is 14.8 Å². The third-order valence-corrected chi connectivity index (χ3v) is 5.36. The third kappa shape index (κ3) is 4.85. The molecule has 0 aliphatic heterocycles. The van der Waals surface area contributed by atoms with Gasteiger partial charge >= 0.3 is 0 Å². The largest absolute Gasteiger partial charge is 0.497 e. The third-order valence-electron chi connectivity index (χ3n) is 3.86. The Labute approximate surface area is 175 Å². The Morgan fingerprint density at radius 2 is 2.04 bits per heavy atom. The van der Waals surface area contributed by atoms with Crippen LogP contribution in [-0.4, -0.2) is 41.1 Å². The lowest BCUT2D eigenvalue weighted by atomic mass is 10.2. The number of amides is 1. The molecule has 0 atom stereocenters. The maximum absolute atomic E-state index is 12.2. The molecule has 0 bridgehead atoms. The zero-order valence-electron chi connectivity index (χ0n) is 15.6. The highest BCUT2D eigenvalue weighted by Crippen LogP contribution is 2.32. The molecule has 9 heteroatoms. The molecule has 0 unspecified atom stereocenters. The summed E-state index contributed by atoms with van der Waals surface area (Å²) < 4.78 is 11.4. The second kappa shape index (κ2) is 9.11. The maximum Gasteiger partial charge on any atom is 0.234 e. The Bertz CT molecular complexity index is 993. The zero-order valence-corrected chi connectivity index (χ0v) is 18.0. The molecule has 2 aromatic carbocycles. The summed E-state index contributed by atoms with van der Waals surface area (Å²) >= 11 is 4.70. The van der Waals surface area contributed by atoms with E-state index in [4.69, 9.17) is 9.47 Å². The number of nitrogens with zero attached hydrogens (tertiary/aromatic N) is 2. The second-order valence-electron chi connectivity index (χ2n) is 5.85. The van der Waals surface area contributed by atoms with E-state index in [2.05, 4.69) is 36.4 Å². The number of anilines is 1. The van der Waals surface area contributed by atoms with Crippen molar-refractivity contribution in [1.29, 1.82) is 0 Å². The molecule has 3 rings (SSSR count). The number of nitrogens with one attached hydrogen (secondary N) is 2. The van der Waals surface area contributed by atoms with Gasteiger partial charge in [0.15, 0.2) is 5.82 Å². The first kappa shape index (κ1) is 20.2. The van der Waals surface area contributed by atoms with Gasteiger partial charge < -0.3 is 14.8 Å². The Morgan fingerprint density at radius 1 is 1.21 bits per heavy atom. The van der Waals surface area contributed by atoms with Crippen LogP contribution in [-0.2, 0) is 4.79 Å². The van der Waals surface area contributed by atoms with Gasteiger partial charge in [-0.05, 0) is 52.7 Å². The number of halogens is 1. The fraction of sp³-hybridized carbons (Fsp3) is 0.211. The fourth-order valence-electron chi connectivity index (χ4n) is 2.46. The number of benzene rings is 2. The fourth-order valence-corrected chi connectivity index (χ4v) is 3.65. The van der Waals surface area contributed by atoms with E-state index in [1.807, 2.05) is 37.3 Å². The number of ether oxygens (including phenoxy) is 2. The van der Waals surface area contributed by atoms with Gasteiger partial charge in [-0.25, -0.2) is 4.98 Å². The molecule has 2 N–H and O–H groups in total. The number of H-pyrrole nitrogens is 1. The summed E-state index contributed by atoms with van der Waals surface area (Å²) in [5.74, 6) is 1.92. The standard InChI is InChI=1S/C19H19BrN4O3S/c1-11-4-7-15(14(20)8-11)21-17(25)10-28-19-22-18(23-24-19)13-6-5-12(26-2)9-16(13)27-3/h4-9H,10H2,1-3H3,(H,21,25)(H,22,23,24). The van der Waals surface area contributed by atoms with E-state index in [1.54, 1.807) is 20.3 Å². The summed E-state index contributed by atoms with van der Waals surface area (Å²) in [6.45, 7) is 1.99. The van der Waals surface area contributed by atoms with Crippen molar-refractivity contribution in [3.8, 4) is 22.9 Å². The number of hydrogen-bond donors (Lipinski definition) is 2. The first-order valence-electron chi connectivity index (χ1n) is 8.33. The van der Waals surface area contributed by atoms with E-state index in [0.717, 1.165) is 21.3 Å². The lowest BCUT2D eigenvalue weighted by Crippen LogP contribution is -2.14. The first-order chi connectivity index (χ1) is 13.5. The van der Waals surface area contributed by atoms with Gasteiger partial charge in [0, 0.05) is 10.5 Å². The quantitative estimate of drug-likeness (QED) is 0.509. The topological polar surface area (TPSA) is 89.1 Å². The van der Waals surface area contributed by atoms with Gasteiger partial charge in [0.2, 0.25) is 11.1 Å². The van der Waals surface area contributed by atoms with Gasteiger partial charge in [0.1, 0.15) is 11.5 Å². The first-order valence-corrected chi connectivity index (χ1v) is 10.1. The second-order valence-corrected chi connectivity index (χ2v) is 7.65. The van der Waals surface area contributed by atoms with E-state index in [0.29, 0.717) is 22.5 Å². The Kier molecular flexibility index (Phi) is 6.58. The monoisotopic (exact) mass is 462 g/mol. The van der Waals surface area contributed by atoms with Crippen LogP contribution in [0, 0.1) is 6.92 Å². The highest BCUT2D eigenvalue weighted by molar-refractivity contribution is 9.10. The van der Waals surface area contributed by atoms with Crippen molar-refractivity contribution in [2.24, 2.45) is 0 Å². The summed E-state index contributed by atoms with van der Waals surface area (Å²) in [4.78, 5) is 16.7. The van der Waals surface area contributed by atoms with E-state index in [9.17, 15) is 4.79 Å². The molecule has 7 nitrogen and oxygen atoms in total.